The molecule has 0 saturated carbocycles. The second kappa shape index (κ2) is 5.41. The largest absolute Gasteiger partial charge is 0.393 e. The first-order chi connectivity index (χ1) is 8.58. The maximum absolute atomic E-state index is 13.4. The first kappa shape index (κ1) is 12.9. The van der Waals surface area contributed by atoms with Gasteiger partial charge in [0.15, 0.2) is 0 Å². The smallest absolute Gasteiger partial charge is 0.304 e. The lowest BCUT2D eigenvalue weighted by Crippen LogP contribution is -2.40. The van der Waals surface area contributed by atoms with E-state index in [1.165, 1.54) is 12.1 Å². The maximum atomic E-state index is 13.4. The van der Waals surface area contributed by atoms with Crippen LogP contribution in [-0.4, -0.2) is 29.2 Å². The van der Waals surface area contributed by atoms with Gasteiger partial charge in [-0.15, -0.1) is 0 Å². The molecule has 1 heterocycles. The first-order valence-electron chi connectivity index (χ1n) is 5.89. The number of aliphatic hydroxyl groups is 1. The molecule has 0 bridgehead atoms. The van der Waals surface area contributed by atoms with Crippen LogP contribution in [0.3, 0.4) is 0 Å². The van der Waals surface area contributed by atoms with Gasteiger partial charge in [-0.2, -0.15) is 4.39 Å². The Morgan fingerprint density at radius 2 is 2.33 bits per heavy atom. The molecule has 6 heteroatoms. The molecule has 0 radical (unpaired) electrons. The van der Waals surface area contributed by atoms with Crippen LogP contribution in [-0.2, 0) is 6.42 Å². The van der Waals surface area contributed by atoms with Crippen molar-refractivity contribution in [1.29, 1.82) is 0 Å². The number of nitro groups is 1. The summed E-state index contributed by atoms with van der Waals surface area (Å²) >= 11 is 0. The highest BCUT2D eigenvalue weighted by Crippen LogP contribution is 2.22. The van der Waals surface area contributed by atoms with Crippen LogP contribution in [0.2, 0.25) is 0 Å². The molecule has 0 amide bonds. The normalized spacial score (nSPS) is 23.9. The predicted molar refractivity (Wildman–Crippen MR) is 63.7 cm³/mol. The monoisotopic (exact) mass is 254 g/mol. The highest BCUT2D eigenvalue weighted by Gasteiger charge is 2.23. The molecule has 98 valence electrons. The number of hydrogen-bond acceptors (Lipinski definition) is 4. The van der Waals surface area contributed by atoms with Crippen LogP contribution in [0.4, 0.5) is 10.1 Å². The molecule has 0 aromatic heterocycles. The van der Waals surface area contributed by atoms with Gasteiger partial charge in [-0.25, -0.2) is 0 Å². The molecule has 1 aliphatic heterocycles. The van der Waals surface area contributed by atoms with E-state index in [9.17, 15) is 19.6 Å². The van der Waals surface area contributed by atoms with Crippen molar-refractivity contribution in [3.63, 3.8) is 0 Å². The topological polar surface area (TPSA) is 75.4 Å². The maximum Gasteiger partial charge on any atom is 0.304 e. The minimum Gasteiger partial charge on any atom is -0.393 e. The summed E-state index contributed by atoms with van der Waals surface area (Å²) in [7, 11) is 0. The van der Waals surface area contributed by atoms with Crippen molar-refractivity contribution in [3.05, 3.63) is 39.7 Å². The van der Waals surface area contributed by atoms with Gasteiger partial charge >= 0.3 is 5.69 Å². The molecular weight excluding hydrogens is 239 g/mol. The van der Waals surface area contributed by atoms with Crippen LogP contribution in [0.25, 0.3) is 0 Å². The molecule has 5 nitrogen and oxygen atoms in total. The van der Waals surface area contributed by atoms with E-state index in [-0.39, 0.29) is 5.92 Å². The van der Waals surface area contributed by atoms with E-state index in [4.69, 9.17) is 0 Å². The fraction of sp³-hybridized carbons (Fsp3) is 0.500. The van der Waals surface area contributed by atoms with Crippen molar-refractivity contribution in [1.82, 2.24) is 5.32 Å². The van der Waals surface area contributed by atoms with Crippen molar-refractivity contribution < 1.29 is 14.4 Å². The van der Waals surface area contributed by atoms with Crippen LogP contribution in [0, 0.1) is 21.8 Å². The Labute approximate surface area is 104 Å². The number of piperidine rings is 1. The predicted octanol–water partition coefficient (Wildman–Crippen LogP) is 1.25. The van der Waals surface area contributed by atoms with Gasteiger partial charge in [-0.1, -0.05) is 6.07 Å². The van der Waals surface area contributed by atoms with Gasteiger partial charge in [0.1, 0.15) is 0 Å². The SMILES string of the molecule is O=[N+]([O-])c1ccc(CC2CNCCC2O)cc1F. The van der Waals surface area contributed by atoms with Crippen LogP contribution in [0.1, 0.15) is 12.0 Å². The lowest BCUT2D eigenvalue weighted by molar-refractivity contribution is -0.387. The molecule has 2 atom stereocenters. The molecular formula is C12H15FN2O3. The zero-order valence-electron chi connectivity index (χ0n) is 9.80. The molecule has 0 aliphatic carbocycles. The lowest BCUT2D eigenvalue weighted by Gasteiger charge is -2.28. The quantitative estimate of drug-likeness (QED) is 0.628. The van der Waals surface area contributed by atoms with E-state index in [1.54, 1.807) is 6.07 Å². The van der Waals surface area contributed by atoms with Gasteiger partial charge in [-0.3, -0.25) is 10.1 Å². The van der Waals surface area contributed by atoms with E-state index in [2.05, 4.69) is 5.32 Å². The lowest BCUT2D eigenvalue weighted by atomic mass is 9.89. The number of benzene rings is 1. The molecule has 0 spiro atoms. The third kappa shape index (κ3) is 2.83. The van der Waals surface area contributed by atoms with E-state index in [0.717, 1.165) is 6.54 Å². The summed E-state index contributed by atoms with van der Waals surface area (Å²) in [6, 6.07) is 3.90. The number of hydrogen-bond donors (Lipinski definition) is 2. The third-order valence-electron chi connectivity index (χ3n) is 3.27. The Morgan fingerprint density at radius 3 is 2.94 bits per heavy atom. The van der Waals surface area contributed by atoms with Crippen molar-refractivity contribution in [2.45, 2.75) is 18.9 Å². The second-order valence-corrected chi connectivity index (χ2v) is 4.57. The molecule has 1 aliphatic rings. The van der Waals surface area contributed by atoms with Gasteiger partial charge in [0.25, 0.3) is 0 Å². The number of nitrogens with zero attached hydrogens (tertiary/aromatic N) is 1. The summed E-state index contributed by atoms with van der Waals surface area (Å²) < 4.78 is 13.4. The average molecular weight is 254 g/mol. The van der Waals surface area contributed by atoms with Crippen molar-refractivity contribution in [2.75, 3.05) is 13.1 Å². The molecule has 1 aromatic carbocycles. The summed E-state index contributed by atoms with van der Waals surface area (Å²) in [4.78, 5) is 9.75. The Kier molecular flexibility index (Phi) is 3.88. The molecule has 1 saturated heterocycles. The summed E-state index contributed by atoms with van der Waals surface area (Å²) in [5.41, 5.74) is 0.159. The van der Waals surface area contributed by atoms with Gasteiger partial charge in [0.2, 0.25) is 5.82 Å². The number of aliphatic hydroxyl groups excluding tert-OH is 1. The van der Waals surface area contributed by atoms with Gasteiger partial charge < -0.3 is 10.4 Å². The minimum absolute atomic E-state index is 0.0274. The highest BCUT2D eigenvalue weighted by molar-refractivity contribution is 5.35. The first-order valence-corrected chi connectivity index (χ1v) is 5.89. The van der Waals surface area contributed by atoms with E-state index < -0.39 is 22.5 Å². The van der Waals surface area contributed by atoms with Crippen LogP contribution in [0.5, 0.6) is 0 Å². The Bertz CT molecular complexity index is 453. The van der Waals surface area contributed by atoms with Gasteiger partial charge in [-0.05, 0) is 31.0 Å². The highest BCUT2D eigenvalue weighted by atomic mass is 19.1. The van der Waals surface area contributed by atoms with Crippen LogP contribution < -0.4 is 5.32 Å². The summed E-state index contributed by atoms with van der Waals surface area (Å²) in [6.45, 7) is 1.46. The Balaban J connectivity index is 2.10. The minimum atomic E-state index is -0.823. The molecule has 18 heavy (non-hydrogen) atoms. The number of nitro benzene ring substituents is 1. The van der Waals surface area contributed by atoms with Crippen molar-refractivity contribution in [3.8, 4) is 0 Å². The third-order valence-corrected chi connectivity index (χ3v) is 3.27. The fourth-order valence-corrected chi connectivity index (χ4v) is 2.25. The van der Waals surface area contributed by atoms with E-state index >= 15 is 0 Å². The van der Waals surface area contributed by atoms with Crippen LogP contribution >= 0.6 is 0 Å². The standard InChI is InChI=1S/C12H15FN2O3/c13-10-6-8(1-2-11(10)15(17)18)5-9-7-14-4-3-12(9)16/h1-2,6,9,12,14,16H,3-5,7H2. The summed E-state index contributed by atoms with van der Waals surface area (Å²) in [5, 5.41) is 23.5. The Hall–Kier alpha value is -1.53. The Morgan fingerprint density at radius 1 is 1.56 bits per heavy atom. The van der Waals surface area contributed by atoms with Gasteiger partial charge in [0.05, 0.1) is 11.0 Å². The van der Waals surface area contributed by atoms with Crippen molar-refractivity contribution in [2.24, 2.45) is 5.92 Å². The summed E-state index contributed by atoms with van der Waals surface area (Å²) in [5.74, 6) is -0.796. The van der Waals surface area contributed by atoms with Crippen molar-refractivity contribution >= 4 is 5.69 Å². The number of rotatable bonds is 3. The van der Waals surface area contributed by atoms with Crippen LogP contribution in [0.15, 0.2) is 18.2 Å². The zero-order chi connectivity index (χ0) is 13.1. The number of nitrogens with one attached hydrogen (secondary N) is 1. The molecule has 1 fully saturated rings. The van der Waals surface area contributed by atoms with E-state index in [0.29, 0.717) is 24.9 Å². The molecule has 2 rings (SSSR count). The second-order valence-electron chi connectivity index (χ2n) is 4.57. The molecule has 2 N–H and O–H groups in total. The number of halogens is 1. The zero-order valence-corrected chi connectivity index (χ0v) is 9.80. The fourth-order valence-electron chi connectivity index (χ4n) is 2.25. The van der Waals surface area contributed by atoms with Gasteiger partial charge in [0, 0.05) is 18.5 Å². The summed E-state index contributed by atoms with van der Waals surface area (Å²) in [6.07, 6.45) is 0.799. The van der Waals surface area contributed by atoms with E-state index in [1.807, 2.05) is 0 Å². The molecule has 2 unspecified atom stereocenters. The molecule has 1 aromatic rings. The average Bonchev–Trinajstić information content (AvgIpc) is 2.32.